The number of hydrogen-bond donors (Lipinski definition) is 0. The average molecular weight is 400 g/mol. The fourth-order valence-electron chi connectivity index (χ4n) is 2.51. The number of ketones is 1. The van der Waals surface area contributed by atoms with Gasteiger partial charge in [-0.25, -0.2) is 4.79 Å². The molecular formula is C22H24O7. The minimum Gasteiger partial charge on any atom is -0.493 e. The van der Waals surface area contributed by atoms with Gasteiger partial charge in [-0.2, -0.15) is 0 Å². The summed E-state index contributed by atoms with van der Waals surface area (Å²) < 4.78 is 25.9. The molecule has 0 heterocycles. The molecule has 0 amide bonds. The number of hydrogen-bond acceptors (Lipinski definition) is 7. The fourth-order valence-corrected chi connectivity index (χ4v) is 2.51. The van der Waals surface area contributed by atoms with Crippen molar-refractivity contribution in [2.45, 2.75) is 6.92 Å². The van der Waals surface area contributed by atoms with Crippen LogP contribution in [0.4, 0.5) is 0 Å². The molecule has 2 rings (SSSR count). The molecule has 0 aliphatic carbocycles. The van der Waals surface area contributed by atoms with Gasteiger partial charge in [0.25, 0.3) is 0 Å². The van der Waals surface area contributed by atoms with Crippen LogP contribution in [0.5, 0.6) is 23.0 Å². The second kappa shape index (κ2) is 10.8. The quantitative estimate of drug-likeness (QED) is 0.343. The Hall–Kier alpha value is -3.48. The fraction of sp³-hybridized carbons (Fsp3) is 0.273. The van der Waals surface area contributed by atoms with Crippen LogP contribution in [0.25, 0.3) is 6.08 Å². The van der Waals surface area contributed by atoms with E-state index in [1.165, 1.54) is 27.4 Å². The van der Waals surface area contributed by atoms with Crippen molar-refractivity contribution in [3.63, 3.8) is 0 Å². The molecule has 7 heteroatoms. The molecule has 2 aromatic carbocycles. The predicted octanol–water partition coefficient (Wildman–Crippen LogP) is 3.55. The van der Waals surface area contributed by atoms with Gasteiger partial charge in [0.1, 0.15) is 5.75 Å². The van der Waals surface area contributed by atoms with E-state index >= 15 is 0 Å². The highest BCUT2D eigenvalue weighted by Gasteiger charge is 2.15. The van der Waals surface area contributed by atoms with Gasteiger partial charge >= 0.3 is 5.97 Å². The Kier molecular flexibility index (Phi) is 8.09. The summed E-state index contributed by atoms with van der Waals surface area (Å²) in [5, 5.41) is 0. The van der Waals surface area contributed by atoms with E-state index in [4.69, 9.17) is 23.7 Å². The van der Waals surface area contributed by atoms with Crippen LogP contribution >= 0.6 is 0 Å². The van der Waals surface area contributed by atoms with Crippen molar-refractivity contribution in [2.24, 2.45) is 0 Å². The third-order valence-electron chi connectivity index (χ3n) is 3.92. The molecule has 0 aromatic heterocycles. The molecule has 0 spiro atoms. The number of rotatable bonds is 10. The zero-order valence-corrected chi connectivity index (χ0v) is 16.9. The van der Waals surface area contributed by atoms with Crippen molar-refractivity contribution in [2.75, 3.05) is 34.5 Å². The van der Waals surface area contributed by atoms with Crippen LogP contribution in [-0.4, -0.2) is 46.3 Å². The maximum absolute atomic E-state index is 12.5. The van der Waals surface area contributed by atoms with Gasteiger partial charge in [0, 0.05) is 5.56 Å². The van der Waals surface area contributed by atoms with E-state index in [1.54, 1.807) is 49.4 Å². The van der Waals surface area contributed by atoms with Crippen molar-refractivity contribution in [1.29, 1.82) is 0 Å². The number of carbonyl (C=O) groups excluding carboxylic acids is 2. The Bertz CT molecular complexity index is 844. The van der Waals surface area contributed by atoms with Crippen LogP contribution < -0.4 is 18.9 Å². The van der Waals surface area contributed by atoms with Crippen molar-refractivity contribution in [1.82, 2.24) is 0 Å². The second-order valence-electron chi connectivity index (χ2n) is 5.77. The zero-order chi connectivity index (χ0) is 21.2. The number of esters is 1. The van der Waals surface area contributed by atoms with Crippen molar-refractivity contribution in [3.05, 3.63) is 53.6 Å². The Balaban J connectivity index is 2.08. The van der Waals surface area contributed by atoms with E-state index < -0.39 is 5.97 Å². The first-order valence-corrected chi connectivity index (χ1v) is 8.93. The lowest BCUT2D eigenvalue weighted by Gasteiger charge is -2.13. The standard InChI is InChI=1S/C22H24O7/c1-5-28-21(24)14-29-17-9-6-15(7-10-17)8-11-18(23)16-12-19(25-2)22(27-4)20(13-16)26-3/h6-13H,5,14H2,1-4H3/b11-8+. The lowest BCUT2D eigenvalue weighted by molar-refractivity contribution is -0.145. The summed E-state index contributed by atoms with van der Waals surface area (Å²) in [7, 11) is 4.49. The van der Waals surface area contributed by atoms with Gasteiger partial charge in [0.2, 0.25) is 5.75 Å². The molecule has 0 saturated heterocycles. The highest BCUT2D eigenvalue weighted by Crippen LogP contribution is 2.38. The highest BCUT2D eigenvalue weighted by atomic mass is 16.6. The molecule has 0 N–H and O–H groups in total. The summed E-state index contributed by atoms with van der Waals surface area (Å²) >= 11 is 0. The monoisotopic (exact) mass is 400 g/mol. The number of carbonyl (C=O) groups is 2. The smallest absolute Gasteiger partial charge is 0.344 e. The summed E-state index contributed by atoms with van der Waals surface area (Å²) in [6.45, 7) is 1.90. The molecule has 0 radical (unpaired) electrons. The van der Waals surface area contributed by atoms with E-state index in [2.05, 4.69) is 0 Å². The normalized spacial score (nSPS) is 10.5. The van der Waals surface area contributed by atoms with Gasteiger partial charge in [0.05, 0.1) is 27.9 Å². The largest absolute Gasteiger partial charge is 0.493 e. The lowest BCUT2D eigenvalue weighted by atomic mass is 10.1. The van der Waals surface area contributed by atoms with E-state index in [0.29, 0.717) is 35.2 Å². The number of ether oxygens (including phenoxy) is 5. The van der Waals surface area contributed by atoms with Crippen LogP contribution in [-0.2, 0) is 9.53 Å². The molecule has 2 aromatic rings. The third-order valence-corrected chi connectivity index (χ3v) is 3.92. The Labute approximate surface area is 169 Å². The van der Waals surface area contributed by atoms with Gasteiger partial charge in [-0.05, 0) is 42.8 Å². The third kappa shape index (κ3) is 6.00. The molecule has 0 aliphatic heterocycles. The maximum Gasteiger partial charge on any atom is 0.344 e. The van der Waals surface area contributed by atoms with Crippen molar-refractivity contribution < 1.29 is 33.3 Å². The molecule has 0 saturated carbocycles. The minimum atomic E-state index is -0.424. The SMILES string of the molecule is CCOC(=O)COc1ccc(/C=C/C(=O)c2cc(OC)c(OC)c(OC)c2)cc1. The number of benzene rings is 2. The van der Waals surface area contributed by atoms with Gasteiger partial charge in [-0.15, -0.1) is 0 Å². The Morgan fingerprint density at radius 1 is 0.931 bits per heavy atom. The average Bonchev–Trinajstić information content (AvgIpc) is 2.75. The molecule has 29 heavy (non-hydrogen) atoms. The van der Waals surface area contributed by atoms with Crippen LogP contribution in [0.3, 0.4) is 0 Å². The second-order valence-corrected chi connectivity index (χ2v) is 5.77. The van der Waals surface area contributed by atoms with Crippen molar-refractivity contribution in [3.8, 4) is 23.0 Å². The summed E-state index contributed by atoms with van der Waals surface area (Å²) in [4.78, 5) is 23.9. The van der Waals surface area contributed by atoms with E-state index in [1.807, 2.05) is 0 Å². The lowest BCUT2D eigenvalue weighted by Crippen LogP contribution is -2.14. The van der Waals surface area contributed by atoms with Crippen molar-refractivity contribution >= 4 is 17.8 Å². The summed E-state index contributed by atoms with van der Waals surface area (Å²) in [6.07, 6.45) is 3.13. The zero-order valence-electron chi connectivity index (χ0n) is 16.9. The molecule has 154 valence electrons. The van der Waals surface area contributed by atoms with E-state index in [9.17, 15) is 9.59 Å². The molecule has 7 nitrogen and oxygen atoms in total. The molecule has 0 atom stereocenters. The van der Waals surface area contributed by atoms with Crippen LogP contribution in [0, 0.1) is 0 Å². The predicted molar refractivity (Wildman–Crippen MR) is 108 cm³/mol. The first-order chi connectivity index (χ1) is 14.0. The molecule has 0 bridgehead atoms. The van der Waals surface area contributed by atoms with E-state index in [0.717, 1.165) is 5.56 Å². The van der Waals surface area contributed by atoms with Gasteiger partial charge in [-0.3, -0.25) is 4.79 Å². The first kappa shape index (κ1) is 21.8. The Morgan fingerprint density at radius 2 is 1.55 bits per heavy atom. The molecular weight excluding hydrogens is 376 g/mol. The van der Waals surface area contributed by atoms with Gasteiger partial charge in [-0.1, -0.05) is 18.2 Å². The van der Waals surface area contributed by atoms with Crippen LogP contribution in [0.1, 0.15) is 22.8 Å². The first-order valence-electron chi connectivity index (χ1n) is 8.93. The van der Waals surface area contributed by atoms with Gasteiger partial charge < -0.3 is 23.7 Å². The van der Waals surface area contributed by atoms with Gasteiger partial charge in [0.15, 0.2) is 23.9 Å². The Morgan fingerprint density at radius 3 is 2.07 bits per heavy atom. The molecule has 0 unspecified atom stereocenters. The maximum atomic E-state index is 12.5. The summed E-state index contributed by atoms with van der Waals surface area (Å²) in [5.74, 6) is 1.14. The number of allylic oxidation sites excluding steroid dienone is 1. The summed E-state index contributed by atoms with van der Waals surface area (Å²) in [6, 6.07) is 10.2. The minimum absolute atomic E-state index is 0.150. The summed E-state index contributed by atoms with van der Waals surface area (Å²) in [5.41, 5.74) is 1.21. The van der Waals surface area contributed by atoms with E-state index in [-0.39, 0.29) is 12.4 Å². The van der Waals surface area contributed by atoms with Crippen LogP contribution in [0.15, 0.2) is 42.5 Å². The van der Waals surface area contributed by atoms with Crippen LogP contribution in [0.2, 0.25) is 0 Å². The number of methoxy groups -OCH3 is 3. The molecule has 0 aliphatic rings. The topological polar surface area (TPSA) is 80.3 Å². The molecule has 0 fully saturated rings. The highest BCUT2D eigenvalue weighted by molar-refractivity contribution is 6.07.